The second-order valence-electron chi connectivity index (χ2n) is 4.57. The summed E-state index contributed by atoms with van der Waals surface area (Å²) in [4.78, 5) is 10.4. The zero-order chi connectivity index (χ0) is 13.0. The molecule has 1 aromatic rings. The van der Waals surface area contributed by atoms with Crippen molar-refractivity contribution in [3.8, 4) is 11.5 Å². The van der Waals surface area contributed by atoms with Crippen LogP contribution in [0.5, 0.6) is 11.5 Å². The molecule has 4 heteroatoms. The Morgan fingerprint density at radius 1 is 1.44 bits per heavy atom. The molecular formula is C14H17BrO3. The molecule has 0 saturated heterocycles. The highest BCUT2D eigenvalue weighted by Crippen LogP contribution is 2.39. The van der Waals surface area contributed by atoms with Crippen molar-refractivity contribution in [1.82, 2.24) is 0 Å². The summed E-state index contributed by atoms with van der Waals surface area (Å²) in [6.45, 7) is 0.753. The van der Waals surface area contributed by atoms with Crippen LogP contribution >= 0.6 is 15.9 Å². The number of methoxy groups -OCH3 is 1. The van der Waals surface area contributed by atoms with E-state index >= 15 is 0 Å². The second-order valence-corrected chi connectivity index (χ2v) is 5.42. The van der Waals surface area contributed by atoms with E-state index in [1.165, 1.54) is 12.8 Å². The van der Waals surface area contributed by atoms with Gasteiger partial charge in [-0.2, -0.15) is 0 Å². The lowest BCUT2D eigenvalue weighted by atomic mass is 10.1. The number of hydrogen-bond acceptors (Lipinski definition) is 3. The smallest absolute Gasteiger partial charge is 0.175 e. The number of carbonyl (C=O) groups is 1. The van der Waals surface area contributed by atoms with Crippen LogP contribution in [0.15, 0.2) is 16.6 Å². The monoisotopic (exact) mass is 312 g/mol. The van der Waals surface area contributed by atoms with E-state index in [1.54, 1.807) is 7.11 Å². The molecule has 0 spiro atoms. The standard InChI is InChI=1S/C14H17BrO3/c1-17-13-8-11(3-2-6-16)7-12(15)14(13)18-9-10-4-5-10/h6-8,10H,2-5,9H2,1H3. The number of carbonyl (C=O) groups excluding carboxylic acids is 1. The fourth-order valence-electron chi connectivity index (χ4n) is 1.77. The predicted molar refractivity (Wildman–Crippen MR) is 73.3 cm³/mol. The Morgan fingerprint density at radius 3 is 2.83 bits per heavy atom. The van der Waals surface area contributed by atoms with Crippen LogP contribution in [0.2, 0.25) is 0 Å². The zero-order valence-electron chi connectivity index (χ0n) is 10.4. The maximum Gasteiger partial charge on any atom is 0.175 e. The van der Waals surface area contributed by atoms with Crippen molar-refractivity contribution in [3.05, 3.63) is 22.2 Å². The maximum atomic E-state index is 10.4. The number of halogens is 1. The molecule has 1 aliphatic rings. The van der Waals surface area contributed by atoms with Gasteiger partial charge in [0, 0.05) is 6.42 Å². The van der Waals surface area contributed by atoms with Gasteiger partial charge in [-0.1, -0.05) is 0 Å². The van der Waals surface area contributed by atoms with Gasteiger partial charge in [0.15, 0.2) is 11.5 Å². The van der Waals surface area contributed by atoms with Crippen LogP contribution in [0.4, 0.5) is 0 Å². The topological polar surface area (TPSA) is 35.5 Å². The fourth-order valence-corrected chi connectivity index (χ4v) is 2.37. The summed E-state index contributed by atoms with van der Waals surface area (Å²) in [6.07, 6.45) is 4.70. The number of aldehydes is 1. The Hall–Kier alpha value is -1.03. The van der Waals surface area contributed by atoms with E-state index in [9.17, 15) is 4.79 Å². The van der Waals surface area contributed by atoms with E-state index < -0.39 is 0 Å². The summed E-state index contributed by atoms with van der Waals surface area (Å²) < 4.78 is 12.0. The molecule has 1 saturated carbocycles. The highest BCUT2D eigenvalue weighted by molar-refractivity contribution is 9.10. The summed E-state index contributed by atoms with van der Waals surface area (Å²) in [6, 6.07) is 3.94. The van der Waals surface area contributed by atoms with Crippen LogP contribution in [-0.4, -0.2) is 20.0 Å². The Bertz CT molecular complexity index is 427. The van der Waals surface area contributed by atoms with Gasteiger partial charge in [0.05, 0.1) is 18.2 Å². The van der Waals surface area contributed by atoms with Gasteiger partial charge >= 0.3 is 0 Å². The number of hydrogen-bond donors (Lipinski definition) is 0. The van der Waals surface area contributed by atoms with E-state index in [2.05, 4.69) is 15.9 Å². The Labute approximate surface area is 116 Å². The summed E-state index contributed by atoms with van der Waals surface area (Å²) in [5.41, 5.74) is 1.07. The highest BCUT2D eigenvalue weighted by Gasteiger charge is 2.23. The average molecular weight is 313 g/mol. The molecule has 98 valence electrons. The molecule has 18 heavy (non-hydrogen) atoms. The lowest BCUT2D eigenvalue weighted by Crippen LogP contribution is -2.02. The van der Waals surface area contributed by atoms with Gasteiger partial charge in [-0.3, -0.25) is 0 Å². The quantitative estimate of drug-likeness (QED) is 0.724. The Balaban J connectivity index is 2.13. The average Bonchev–Trinajstić information content (AvgIpc) is 3.18. The maximum absolute atomic E-state index is 10.4. The molecule has 0 aromatic heterocycles. The van der Waals surface area contributed by atoms with Crippen molar-refractivity contribution in [2.75, 3.05) is 13.7 Å². The third kappa shape index (κ3) is 3.48. The fraction of sp³-hybridized carbons (Fsp3) is 0.500. The van der Waals surface area contributed by atoms with E-state index in [1.807, 2.05) is 12.1 Å². The van der Waals surface area contributed by atoms with E-state index in [0.717, 1.165) is 40.8 Å². The molecule has 0 aliphatic heterocycles. The van der Waals surface area contributed by atoms with Gasteiger partial charge in [0.1, 0.15) is 6.29 Å². The molecule has 0 bridgehead atoms. The number of rotatable bonds is 7. The lowest BCUT2D eigenvalue weighted by Gasteiger charge is -2.14. The minimum atomic E-state index is 0.526. The molecule has 1 fully saturated rings. The number of aryl methyl sites for hydroxylation is 1. The van der Waals surface area contributed by atoms with Gasteiger partial charge < -0.3 is 14.3 Å². The van der Waals surface area contributed by atoms with Crippen molar-refractivity contribution in [2.45, 2.75) is 25.7 Å². The lowest BCUT2D eigenvalue weighted by molar-refractivity contribution is -0.107. The van der Waals surface area contributed by atoms with E-state index in [-0.39, 0.29) is 0 Å². The molecule has 0 N–H and O–H groups in total. The number of benzene rings is 1. The Kier molecular flexibility index (Phi) is 4.64. The number of ether oxygens (including phenoxy) is 2. The van der Waals surface area contributed by atoms with Crippen LogP contribution in [0.1, 0.15) is 24.8 Å². The second kappa shape index (κ2) is 6.23. The van der Waals surface area contributed by atoms with Gasteiger partial charge in [-0.15, -0.1) is 0 Å². The van der Waals surface area contributed by atoms with Crippen LogP contribution in [-0.2, 0) is 11.2 Å². The van der Waals surface area contributed by atoms with Crippen molar-refractivity contribution < 1.29 is 14.3 Å². The van der Waals surface area contributed by atoms with Crippen LogP contribution in [0, 0.1) is 5.92 Å². The molecule has 0 heterocycles. The summed E-state index contributed by atoms with van der Waals surface area (Å²) in [5, 5.41) is 0. The van der Waals surface area contributed by atoms with Crippen molar-refractivity contribution >= 4 is 22.2 Å². The minimum absolute atomic E-state index is 0.526. The van der Waals surface area contributed by atoms with Crippen molar-refractivity contribution in [1.29, 1.82) is 0 Å². The highest BCUT2D eigenvalue weighted by atomic mass is 79.9. The van der Waals surface area contributed by atoms with E-state index in [4.69, 9.17) is 9.47 Å². The Morgan fingerprint density at radius 2 is 2.22 bits per heavy atom. The first-order valence-corrected chi connectivity index (χ1v) is 6.96. The van der Waals surface area contributed by atoms with E-state index in [0.29, 0.717) is 12.3 Å². The molecule has 0 atom stereocenters. The van der Waals surface area contributed by atoms with Gasteiger partial charge in [-0.25, -0.2) is 0 Å². The van der Waals surface area contributed by atoms with Gasteiger partial charge in [0.25, 0.3) is 0 Å². The normalized spacial score (nSPS) is 14.3. The molecule has 1 aliphatic carbocycles. The summed E-state index contributed by atoms with van der Waals surface area (Å²) in [7, 11) is 1.63. The third-order valence-electron chi connectivity index (χ3n) is 3.00. The van der Waals surface area contributed by atoms with Crippen LogP contribution in [0.3, 0.4) is 0 Å². The predicted octanol–water partition coefficient (Wildman–Crippen LogP) is 3.38. The zero-order valence-corrected chi connectivity index (χ0v) is 12.0. The summed E-state index contributed by atoms with van der Waals surface area (Å²) in [5.74, 6) is 2.20. The molecule has 0 unspecified atom stereocenters. The van der Waals surface area contributed by atoms with Crippen molar-refractivity contribution in [3.63, 3.8) is 0 Å². The van der Waals surface area contributed by atoms with Crippen LogP contribution < -0.4 is 9.47 Å². The molecule has 2 rings (SSSR count). The molecule has 1 aromatic carbocycles. The molecule has 0 amide bonds. The third-order valence-corrected chi connectivity index (χ3v) is 3.59. The molecule has 0 radical (unpaired) electrons. The first-order valence-electron chi connectivity index (χ1n) is 6.17. The minimum Gasteiger partial charge on any atom is -0.493 e. The first-order chi connectivity index (χ1) is 8.74. The molecular weight excluding hydrogens is 296 g/mol. The largest absolute Gasteiger partial charge is 0.493 e. The van der Waals surface area contributed by atoms with Gasteiger partial charge in [0.2, 0.25) is 0 Å². The first kappa shape index (κ1) is 13.4. The SMILES string of the molecule is COc1cc(CCC=O)cc(Br)c1OCC1CC1. The molecule has 3 nitrogen and oxygen atoms in total. The summed E-state index contributed by atoms with van der Waals surface area (Å²) >= 11 is 3.51. The van der Waals surface area contributed by atoms with Crippen LogP contribution in [0.25, 0.3) is 0 Å². The van der Waals surface area contributed by atoms with Gasteiger partial charge in [-0.05, 0) is 58.8 Å². The van der Waals surface area contributed by atoms with Crippen molar-refractivity contribution in [2.24, 2.45) is 5.92 Å².